The second-order valence-corrected chi connectivity index (χ2v) is 6.02. The molecular formula is C14H17N3O3S. The average Bonchev–Trinajstić information content (AvgIpc) is 2.45. The second kappa shape index (κ2) is 5.42. The van der Waals surface area contributed by atoms with Gasteiger partial charge < -0.3 is 5.32 Å². The maximum absolute atomic E-state index is 11.7. The quantitative estimate of drug-likeness (QED) is 0.816. The van der Waals surface area contributed by atoms with Crippen molar-refractivity contribution in [1.82, 2.24) is 0 Å². The lowest BCUT2D eigenvalue weighted by atomic mass is 9.88. The van der Waals surface area contributed by atoms with Crippen LogP contribution in [0.5, 0.6) is 0 Å². The Bertz CT molecular complexity index is 790. The molecule has 0 fully saturated rings. The Balaban J connectivity index is 2.96. The van der Waals surface area contributed by atoms with Crippen LogP contribution in [0.2, 0.25) is 0 Å². The van der Waals surface area contributed by atoms with E-state index in [-0.39, 0.29) is 4.90 Å². The minimum Gasteiger partial charge on any atom is -0.388 e. The van der Waals surface area contributed by atoms with E-state index in [9.17, 15) is 13.0 Å². The first kappa shape index (κ1) is 15.4. The summed E-state index contributed by atoms with van der Waals surface area (Å²) in [4.78, 5) is 8.11. The molecule has 0 saturated heterocycles. The van der Waals surface area contributed by atoms with Gasteiger partial charge in [-0.25, -0.2) is 0 Å². The molecule has 0 heterocycles. The van der Waals surface area contributed by atoms with Gasteiger partial charge in [0.15, 0.2) is 0 Å². The fraction of sp³-hybridized carbons (Fsp3) is 0.286. The molecule has 21 heavy (non-hydrogen) atoms. The maximum Gasteiger partial charge on any atom is 0.295 e. The summed E-state index contributed by atoms with van der Waals surface area (Å²) in [6.07, 6.45) is 1.85. The molecule has 0 radical (unpaired) electrons. The van der Waals surface area contributed by atoms with Gasteiger partial charge in [-0.15, -0.1) is 0 Å². The van der Waals surface area contributed by atoms with Gasteiger partial charge in [-0.3, -0.25) is 14.5 Å². The largest absolute Gasteiger partial charge is 0.388 e. The molecule has 2 rings (SSSR count). The van der Waals surface area contributed by atoms with Gasteiger partial charge in [-0.1, -0.05) is 0 Å². The molecule has 1 aromatic rings. The first-order valence-corrected chi connectivity index (χ1v) is 7.73. The van der Waals surface area contributed by atoms with Gasteiger partial charge in [-0.2, -0.15) is 8.42 Å². The average molecular weight is 307 g/mol. The fourth-order valence-electron chi connectivity index (χ4n) is 2.39. The lowest BCUT2D eigenvalue weighted by Gasteiger charge is -2.22. The number of allylic oxidation sites excluding steroid dienone is 2. The zero-order chi connectivity index (χ0) is 15.8. The van der Waals surface area contributed by atoms with Crippen molar-refractivity contribution in [2.24, 2.45) is 9.98 Å². The second-order valence-electron chi connectivity index (χ2n) is 4.63. The summed E-state index contributed by atoms with van der Waals surface area (Å²) in [6, 6.07) is 3.22. The Labute approximate surface area is 124 Å². The molecule has 112 valence electrons. The number of fused-ring (bicyclic) bond motifs is 1. The zero-order valence-corrected chi connectivity index (χ0v) is 13.1. The molecule has 0 spiro atoms. The van der Waals surface area contributed by atoms with Crippen LogP contribution in [0.1, 0.15) is 18.1 Å². The molecule has 1 aliphatic rings. The topological polar surface area (TPSA) is 91.1 Å². The van der Waals surface area contributed by atoms with E-state index in [1.807, 2.05) is 19.1 Å². The maximum atomic E-state index is 11.7. The van der Waals surface area contributed by atoms with E-state index in [1.54, 1.807) is 21.1 Å². The van der Waals surface area contributed by atoms with E-state index in [0.717, 1.165) is 5.57 Å². The highest BCUT2D eigenvalue weighted by Gasteiger charge is 2.28. The van der Waals surface area contributed by atoms with Crippen LogP contribution in [-0.4, -0.2) is 45.5 Å². The predicted molar refractivity (Wildman–Crippen MR) is 85.3 cm³/mol. The summed E-state index contributed by atoms with van der Waals surface area (Å²) >= 11 is 0. The molecule has 0 unspecified atom stereocenters. The smallest absolute Gasteiger partial charge is 0.295 e. The van der Waals surface area contributed by atoms with E-state index < -0.39 is 10.1 Å². The van der Waals surface area contributed by atoms with Gasteiger partial charge in [0.2, 0.25) is 0 Å². The van der Waals surface area contributed by atoms with Crippen molar-refractivity contribution in [3.8, 4) is 0 Å². The standard InChI is InChI=1S/C14H17N3O3S/c1-8-5-11(16-3)14(17-4)13-10(8)6-9(15-2)7-12(13)21(18,19)20/h5-7,15H,1-4H3,(H,18,19,20). The summed E-state index contributed by atoms with van der Waals surface area (Å²) < 4.78 is 33.1. The number of aliphatic imine (C=N–C) groups is 2. The Morgan fingerprint density at radius 1 is 1.19 bits per heavy atom. The van der Waals surface area contributed by atoms with Crippen molar-refractivity contribution < 1.29 is 13.0 Å². The number of rotatable bonds is 2. The highest BCUT2D eigenvalue weighted by Crippen LogP contribution is 2.33. The molecule has 6 nitrogen and oxygen atoms in total. The van der Waals surface area contributed by atoms with E-state index in [4.69, 9.17) is 0 Å². The van der Waals surface area contributed by atoms with Gasteiger partial charge in [-0.05, 0) is 36.3 Å². The number of nitrogens with one attached hydrogen (secondary N) is 1. The molecule has 1 aliphatic carbocycles. The summed E-state index contributed by atoms with van der Waals surface area (Å²) in [5, 5.41) is 2.90. The van der Waals surface area contributed by atoms with Crippen LogP contribution >= 0.6 is 0 Å². The molecule has 2 N–H and O–H groups in total. The normalized spacial score (nSPS) is 18.6. The van der Waals surface area contributed by atoms with E-state index in [1.165, 1.54) is 6.07 Å². The fourth-order valence-corrected chi connectivity index (χ4v) is 3.14. The molecule has 0 amide bonds. The molecule has 1 aromatic carbocycles. The lowest BCUT2D eigenvalue weighted by Crippen LogP contribution is -2.23. The molecule has 7 heteroatoms. The number of benzene rings is 1. The first-order valence-electron chi connectivity index (χ1n) is 6.29. The minimum atomic E-state index is -4.38. The summed E-state index contributed by atoms with van der Waals surface area (Å²) in [6.45, 7) is 1.86. The third-order valence-electron chi connectivity index (χ3n) is 3.39. The summed E-state index contributed by atoms with van der Waals surface area (Å²) in [7, 11) is 0.491. The van der Waals surface area contributed by atoms with Gasteiger partial charge in [0.25, 0.3) is 10.1 Å². The zero-order valence-electron chi connectivity index (χ0n) is 12.3. The van der Waals surface area contributed by atoms with Gasteiger partial charge in [0.05, 0.1) is 11.4 Å². The lowest BCUT2D eigenvalue weighted by molar-refractivity contribution is 0.483. The van der Waals surface area contributed by atoms with Crippen molar-refractivity contribution in [2.45, 2.75) is 11.8 Å². The van der Waals surface area contributed by atoms with Crippen molar-refractivity contribution >= 4 is 32.8 Å². The van der Waals surface area contributed by atoms with Crippen molar-refractivity contribution in [2.75, 3.05) is 26.5 Å². The van der Waals surface area contributed by atoms with Crippen LogP contribution in [-0.2, 0) is 10.1 Å². The van der Waals surface area contributed by atoms with Crippen LogP contribution < -0.4 is 5.32 Å². The molecule has 0 bridgehead atoms. The van der Waals surface area contributed by atoms with Crippen LogP contribution in [0.15, 0.2) is 33.1 Å². The van der Waals surface area contributed by atoms with Gasteiger partial charge in [0.1, 0.15) is 4.90 Å². The Morgan fingerprint density at radius 3 is 2.33 bits per heavy atom. The monoisotopic (exact) mass is 307 g/mol. The van der Waals surface area contributed by atoms with Crippen molar-refractivity contribution in [3.63, 3.8) is 0 Å². The van der Waals surface area contributed by atoms with E-state index in [0.29, 0.717) is 28.2 Å². The van der Waals surface area contributed by atoms with Gasteiger partial charge in [0, 0.05) is 32.4 Å². The molecule has 0 saturated carbocycles. The predicted octanol–water partition coefficient (Wildman–Crippen LogP) is 1.88. The molecule has 0 aromatic heterocycles. The Hall–Kier alpha value is -1.99. The highest BCUT2D eigenvalue weighted by molar-refractivity contribution is 7.86. The number of nitrogens with zero attached hydrogens (tertiary/aromatic N) is 2. The number of hydrogen-bond donors (Lipinski definition) is 2. The van der Waals surface area contributed by atoms with Gasteiger partial charge >= 0.3 is 0 Å². The van der Waals surface area contributed by atoms with Crippen LogP contribution in [0.4, 0.5) is 5.69 Å². The molecule has 0 atom stereocenters. The third kappa shape index (κ3) is 2.62. The summed E-state index contributed by atoms with van der Waals surface area (Å²) in [5.41, 5.74) is 3.60. The Morgan fingerprint density at radius 2 is 1.86 bits per heavy atom. The molecule has 0 aliphatic heterocycles. The van der Waals surface area contributed by atoms with E-state index in [2.05, 4.69) is 15.3 Å². The first-order chi connectivity index (χ1) is 9.83. The van der Waals surface area contributed by atoms with Crippen molar-refractivity contribution in [3.05, 3.63) is 29.3 Å². The highest BCUT2D eigenvalue weighted by atomic mass is 32.2. The van der Waals surface area contributed by atoms with Crippen molar-refractivity contribution in [1.29, 1.82) is 0 Å². The number of hydrogen-bond acceptors (Lipinski definition) is 5. The summed E-state index contributed by atoms with van der Waals surface area (Å²) in [5.74, 6) is 0. The minimum absolute atomic E-state index is 0.168. The number of anilines is 1. The van der Waals surface area contributed by atoms with Crippen LogP contribution in [0.25, 0.3) is 5.57 Å². The molecular weight excluding hydrogens is 290 g/mol. The Kier molecular flexibility index (Phi) is 3.97. The van der Waals surface area contributed by atoms with Crippen LogP contribution in [0, 0.1) is 0 Å². The van der Waals surface area contributed by atoms with Crippen LogP contribution in [0.3, 0.4) is 0 Å². The van der Waals surface area contributed by atoms with E-state index >= 15 is 0 Å². The third-order valence-corrected chi connectivity index (χ3v) is 4.27. The SMILES string of the molecule is CN=C1C=C(C)c2cc(NC)cc(S(=O)(=O)O)c2C1=NC.